The summed E-state index contributed by atoms with van der Waals surface area (Å²) in [5.41, 5.74) is -0.852. The van der Waals surface area contributed by atoms with E-state index in [2.05, 4.69) is 4.98 Å². The monoisotopic (exact) mass is 241 g/mol. The van der Waals surface area contributed by atoms with Crippen LogP contribution in [0.4, 0.5) is 13.2 Å². The SMILES string of the molecule is FC(F)(F)c1ccccn1.Oc1ccccc1. The summed E-state index contributed by atoms with van der Waals surface area (Å²) < 4.78 is 35.2. The predicted octanol–water partition coefficient (Wildman–Crippen LogP) is 3.49. The van der Waals surface area contributed by atoms with Crippen LogP contribution in [0.2, 0.25) is 0 Å². The van der Waals surface area contributed by atoms with Gasteiger partial charge < -0.3 is 5.11 Å². The van der Waals surface area contributed by atoms with Crippen LogP contribution in [0.25, 0.3) is 0 Å². The van der Waals surface area contributed by atoms with Gasteiger partial charge in [-0.05, 0) is 24.3 Å². The van der Waals surface area contributed by atoms with Crippen molar-refractivity contribution in [2.45, 2.75) is 6.18 Å². The molecule has 0 saturated heterocycles. The Morgan fingerprint density at radius 1 is 0.882 bits per heavy atom. The number of hydrogen-bond donors (Lipinski definition) is 1. The van der Waals surface area contributed by atoms with Gasteiger partial charge >= 0.3 is 6.18 Å². The number of aromatic hydroxyl groups is 1. The first-order chi connectivity index (χ1) is 8.00. The van der Waals surface area contributed by atoms with Gasteiger partial charge in [0.15, 0.2) is 0 Å². The molecule has 17 heavy (non-hydrogen) atoms. The summed E-state index contributed by atoms with van der Waals surface area (Å²) in [5, 5.41) is 8.63. The molecule has 1 aromatic heterocycles. The molecule has 0 fully saturated rings. The molecule has 0 unspecified atom stereocenters. The lowest BCUT2D eigenvalue weighted by Gasteiger charge is -2.02. The quantitative estimate of drug-likeness (QED) is 0.765. The summed E-state index contributed by atoms with van der Waals surface area (Å²) in [4.78, 5) is 3.12. The van der Waals surface area contributed by atoms with E-state index in [0.717, 1.165) is 12.3 Å². The zero-order valence-corrected chi connectivity index (χ0v) is 8.72. The van der Waals surface area contributed by atoms with Crippen LogP contribution >= 0.6 is 0 Å². The van der Waals surface area contributed by atoms with E-state index in [1.165, 1.54) is 12.1 Å². The summed E-state index contributed by atoms with van der Waals surface area (Å²) in [6.07, 6.45) is -3.20. The first kappa shape index (κ1) is 13.0. The summed E-state index contributed by atoms with van der Waals surface area (Å²) in [7, 11) is 0. The molecular formula is C12H10F3NO. The maximum absolute atomic E-state index is 11.7. The van der Waals surface area contributed by atoms with Crippen LogP contribution < -0.4 is 0 Å². The number of pyridine rings is 1. The third-order valence-electron chi connectivity index (χ3n) is 1.71. The van der Waals surface area contributed by atoms with Crippen LogP contribution in [-0.4, -0.2) is 10.1 Å². The first-order valence-corrected chi connectivity index (χ1v) is 4.72. The Morgan fingerprint density at radius 3 is 1.76 bits per heavy atom. The van der Waals surface area contributed by atoms with Gasteiger partial charge in [0.1, 0.15) is 11.4 Å². The molecule has 2 nitrogen and oxygen atoms in total. The molecule has 2 rings (SSSR count). The van der Waals surface area contributed by atoms with E-state index in [9.17, 15) is 13.2 Å². The van der Waals surface area contributed by atoms with Gasteiger partial charge in [-0.3, -0.25) is 4.98 Å². The fraction of sp³-hybridized carbons (Fsp3) is 0.0833. The van der Waals surface area contributed by atoms with Crippen molar-refractivity contribution in [2.75, 3.05) is 0 Å². The van der Waals surface area contributed by atoms with E-state index in [1.54, 1.807) is 24.3 Å². The lowest BCUT2D eigenvalue weighted by Crippen LogP contribution is -2.06. The highest BCUT2D eigenvalue weighted by Gasteiger charge is 2.31. The van der Waals surface area contributed by atoms with Crippen molar-refractivity contribution in [3.63, 3.8) is 0 Å². The molecule has 1 N–H and O–H groups in total. The highest BCUT2D eigenvalue weighted by molar-refractivity contribution is 5.18. The summed E-state index contributed by atoms with van der Waals surface area (Å²) >= 11 is 0. The number of hydrogen-bond acceptors (Lipinski definition) is 2. The zero-order chi connectivity index (χ0) is 12.7. The minimum atomic E-state index is -4.32. The molecule has 0 aliphatic rings. The largest absolute Gasteiger partial charge is 0.508 e. The normalized spacial score (nSPS) is 10.3. The van der Waals surface area contributed by atoms with Gasteiger partial charge in [-0.1, -0.05) is 24.3 Å². The van der Waals surface area contributed by atoms with Gasteiger partial charge in [0, 0.05) is 6.20 Å². The lowest BCUT2D eigenvalue weighted by atomic mass is 10.3. The molecule has 0 aliphatic carbocycles. The van der Waals surface area contributed by atoms with Gasteiger partial charge in [0.2, 0.25) is 0 Å². The van der Waals surface area contributed by atoms with Gasteiger partial charge in [-0.15, -0.1) is 0 Å². The number of phenolic OH excluding ortho intramolecular Hbond substituents is 1. The number of aromatic nitrogens is 1. The Hall–Kier alpha value is -2.04. The van der Waals surface area contributed by atoms with Crippen molar-refractivity contribution in [1.29, 1.82) is 0 Å². The Bertz CT molecular complexity index is 429. The fourth-order valence-corrected chi connectivity index (χ4v) is 0.958. The van der Waals surface area contributed by atoms with Crippen LogP contribution in [-0.2, 0) is 6.18 Å². The number of nitrogens with zero attached hydrogens (tertiary/aromatic N) is 1. The minimum Gasteiger partial charge on any atom is -0.508 e. The second-order valence-corrected chi connectivity index (χ2v) is 3.05. The molecule has 1 heterocycles. The lowest BCUT2D eigenvalue weighted by molar-refractivity contribution is -0.141. The Kier molecular flexibility index (Phi) is 4.51. The van der Waals surface area contributed by atoms with E-state index in [-0.39, 0.29) is 0 Å². The third-order valence-corrected chi connectivity index (χ3v) is 1.71. The second-order valence-electron chi connectivity index (χ2n) is 3.05. The summed E-state index contributed by atoms with van der Waals surface area (Å²) in [6, 6.07) is 12.4. The molecule has 0 bridgehead atoms. The smallest absolute Gasteiger partial charge is 0.433 e. The maximum Gasteiger partial charge on any atom is 0.433 e. The summed E-state index contributed by atoms with van der Waals surface area (Å²) in [6.45, 7) is 0. The van der Waals surface area contributed by atoms with Crippen LogP contribution in [0.5, 0.6) is 5.75 Å². The maximum atomic E-state index is 11.7. The standard InChI is InChI=1S/C6H4F3N.C6H6O/c7-6(8,9)5-3-1-2-4-10-5;7-6-4-2-1-3-5-6/h1-4H;1-5,7H. The van der Waals surface area contributed by atoms with Crippen LogP contribution in [0, 0.1) is 0 Å². The van der Waals surface area contributed by atoms with Gasteiger partial charge in [-0.2, -0.15) is 13.2 Å². The molecule has 0 saturated carbocycles. The molecular weight excluding hydrogens is 231 g/mol. The number of benzene rings is 1. The van der Waals surface area contributed by atoms with Crippen LogP contribution in [0.3, 0.4) is 0 Å². The molecule has 0 atom stereocenters. The van der Waals surface area contributed by atoms with Gasteiger partial charge in [0.05, 0.1) is 0 Å². The zero-order valence-electron chi connectivity index (χ0n) is 8.72. The van der Waals surface area contributed by atoms with E-state index in [0.29, 0.717) is 5.75 Å². The topological polar surface area (TPSA) is 33.1 Å². The predicted molar refractivity (Wildman–Crippen MR) is 57.3 cm³/mol. The number of alkyl halides is 3. The van der Waals surface area contributed by atoms with Crippen LogP contribution in [0.1, 0.15) is 5.69 Å². The van der Waals surface area contributed by atoms with E-state index in [4.69, 9.17) is 5.11 Å². The Balaban J connectivity index is 0.000000181. The summed E-state index contributed by atoms with van der Waals surface area (Å²) in [5.74, 6) is 0.322. The molecule has 0 radical (unpaired) electrons. The highest BCUT2D eigenvalue weighted by Crippen LogP contribution is 2.26. The number of phenols is 1. The van der Waals surface area contributed by atoms with Crippen LogP contribution in [0.15, 0.2) is 54.7 Å². The molecule has 1 aromatic carbocycles. The molecule has 0 spiro atoms. The average Bonchev–Trinajstić information content (AvgIpc) is 2.31. The van der Waals surface area contributed by atoms with Gasteiger partial charge in [-0.25, -0.2) is 0 Å². The Morgan fingerprint density at radius 2 is 1.47 bits per heavy atom. The number of rotatable bonds is 0. The van der Waals surface area contributed by atoms with Gasteiger partial charge in [0.25, 0.3) is 0 Å². The highest BCUT2D eigenvalue weighted by atomic mass is 19.4. The molecule has 0 amide bonds. The molecule has 2 aromatic rings. The third kappa shape index (κ3) is 5.01. The van der Waals surface area contributed by atoms with Crippen molar-refractivity contribution in [2.24, 2.45) is 0 Å². The van der Waals surface area contributed by atoms with E-state index in [1.807, 2.05) is 6.07 Å². The molecule has 5 heteroatoms. The fourth-order valence-electron chi connectivity index (χ4n) is 0.958. The van der Waals surface area contributed by atoms with E-state index < -0.39 is 11.9 Å². The van der Waals surface area contributed by atoms with Crippen molar-refractivity contribution in [3.8, 4) is 5.75 Å². The average molecular weight is 241 g/mol. The number of para-hydroxylation sites is 1. The number of halogens is 3. The second kappa shape index (κ2) is 5.89. The van der Waals surface area contributed by atoms with Crippen molar-refractivity contribution < 1.29 is 18.3 Å². The Labute approximate surface area is 96.4 Å². The van der Waals surface area contributed by atoms with Crippen molar-refractivity contribution >= 4 is 0 Å². The molecule has 90 valence electrons. The first-order valence-electron chi connectivity index (χ1n) is 4.72. The van der Waals surface area contributed by atoms with E-state index >= 15 is 0 Å². The van der Waals surface area contributed by atoms with Crippen molar-refractivity contribution in [1.82, 2.24) is 4.98 Å². The van der Waals surface area contributed by atoms with Crippen molar-refractivity contribution in [3.05, 3.63) is 60.4 Å². The minimum absolute atomic E-state index is 0.322. The molecule has 0 aliphatic heterocycles.